The number of hydrogen-bond acceptors (Lipinski definition) is 3. The van der Waals surface area contributed by atoms with Gasteiger partial charge in [-0.25, -0.2) is 4.39 Å². The molecule has 2 fully saturated rings. The normalized spacial score (nSPS) is 28.3. The molecule has 21 heavy (non-hydrogen) atoms. The smallest absolute Gasteiger partial charge is 0.123 e. The lowest BCUT2D eigenvalue weighted by atomic mass is 9.86. The molecule has 3 rings (SSSR count). The Labute approximate surface area is 125 Å². The van der Waals surface area contributed by atoms with Gasteiger partial charge in [-0.2, -0.15) is 5.26 Å². The van der Waals surface area contributed by atoms with E-state index in [0.717, 1.165) is 25.7 Å². The minimum absolute atomic E-state index is 0.254. The molecule has 0 radical (unpaired) electrons. The predicted molar refractivity (Wildman–Crippen MR) is 78.4 cm³/mol. The molecule has 1 N–H and O–H groups in total. The maximum Gasteiger partial charge on any atom is 0.123 e. The summed E-state index contributed by atoms with van der Waals surface area (Å²) in [7, 11) is 0. The van der Waals surface area contributed by atoms with Crippen molar-refractivity contribution in [3.63, 3.8) is 0 Å². The fourth-order valence-corrected chi connectivity index (χ4v) is 3.28. The van der Waals surface area contributed by atoms with Crippen LogP contribution in [0.15, 0.2) is 24.3 Å². The molecule has 0 spiro atoms. The summed E-state index contributed by atoms with van der Waals surface area (Å²) in [6.07, 6.45) is 6.39. The van der Waals surface area contributed by atoms with E-state index in [1.807, 2.05) is 0 Å². The Hall–Kier alpha value is -1.60. The first kappa shape index (κ1) is 14.3. The minimum atomic E-state index is -0.354. The van der Waals surface area contributed by atoms with Gasteiger partial charge < -0.3 is 4.74 Å². The first-order valence-electron chi connectivity index (χ1n) is 7.79. The van der Waals surface area contributed by atoms with Gasteiger partial charge in [-0.15, -0.1) is 0 Å². The molecule has 0 heterocycles. The minimum Gasteiger partial charge on any atom is -0.494 e. The van der Waals surface area contributed by atoms with E-state index in [2.05, 4.69) is 11.4 Å². The van der Waals surface area contributed by atoms with Crippen LogP contribution in [-0.2, 0) is 0 Å². The van der Waals surface area contributed by atoms with E-state index in [4.69, 9.17) is 4.74 Å². The van der Waals surface area contributed by atoms with Crippen LogP contribution >= 0.6 is 0 Å². The number of rotatable bonds is 6. The average molecular weight is 288 g/mol. The Balaban J connectivity index is 1.53. The maximum atomic E-state index is 12.8. The van der Waals surface area contributed by atoms with Crippen molar-refractivity contribution in [3.05, 3.63) is 30.1 Å². The second kappa shape index (κ2) is 6.03. The van der Waals surface area contributed by atoms with Gasteiger partial charge in [0.15, 0.2) is 0 Å². The third-order valence-corrected chi connectivity index (χ3v) is 4.61. The molecule has 0 amide bonds. The lowest BCUT2D eigenvalue weighted by molar-refractivity contribution is 0.231. The van der Waals surface area contributed by atoms with Crippen LogP contribution in [0.5, 0.6) is 5.75 Å². The second-order valence-corrected chi connectivity index (χ2v) is 6.18. The van der Waals surface area contributed by atoms with Gasteiger partial charge in [-0.3, -0.25) is 5.32 Å². The highest BCUT2D eigenvalue weighted by Crippen LogP contribution is 2.40. The van der Waals surface area contributed by atoms with Gasteiger partial charge in [0.25, 0.3) is 0 Å². The van der Waals surface area contributed by atoms with Crippen molar-refractivity contribution in [3.8, 4) is 11.8 Å². The van der Waals surface area contributed by atoms with Crippen molar-refractivity contribution in [2.24, 2.45) is 5.92 Å². The molecular weight excluding hydrogens is 267 g/mol. The summed E-state index contributed by atoms with van der Waals surface area (Å²) in [6.45, 7) is 0.575. The van der Waals surface area contributed by atoms with Crippen LogP contribution in [0.1, 0.15) is 38.5 Å². The highest BCUT2D eigenvalue weighted by atomic mass is 19.1. The summed E-state index contributed by atoms with van der Waals surface area (Å²) < 4.78 is 18.5. The van der Waals surface area contributed by atoms with Gasteiger partial charge in [0.1, 0.15) is 17.1 Å². The van der Waals surface area contributed by atoms with Crippen molar-refractivity contribution >= 4 is 0 Å². The number of halogens is 1. The molecule has 1 aromatic carbocycles. The summed E-state index contributed by atoms with van der Waals surface area (Å²) >= 11 is 0. The molecular formula is C17H21FN2O. The number of nitrogens with one attached hydrogen (secondary N) is 1. The van der Waals surface area contributed by atoms with E-state index in [-0.39, 0.29) is 11.4 Å². The summed E-state index contributed by atoms with van der Waals surface area (Å²) in [4.78, 5) is 0. The fraction of sp³-hybridized carbons (Fsp3) is 0.588. The van der Waals surface area contributed by atoms with Crippen molar-refractivity contribution in [2.45, 2.75) is 50.1 Å². The highest BCUT2D eigenvalue weighted by molar-refractivity contribution is 5.22. The number of hydrogen-bond donors (Lipinski definition) is 1. The first-order valence-corrected chi connectivity index (χ1v) is 7.79. The topological polar surface area (TPSA) is 45.0 Å². The molecule has 2 aliphatic carbocycles. The molecule has 3 nitrogen and oxygen atoms in total. The molecule has 2 saturated carbocycles. The lowest BCUT2D eigenvalue weighted by Crippen LogP contribution is -2.48. The molecule has 2 atom stereocenters. The summed E-state index contributed by atoms with van der Waals surface area (Å²) in [5, 5.41) is 13.2. The van der Waals surface area contributed by atoms with Gasteiger partial charge >= 0.3 is 0 Å². The zero-order valence-corrected chi connectivity index (χ0v) is 12.1. The molecule has 4 heteroatoms. The molecule has 0 saturated heterocycles. The van der Waals surface area contributed by atoms with E-state index >= 15 is 0 Å². The summed E-state index contributed by atoms with van der Waals surface area (Å²) in [5.74, 6) is 0.783. The van der Waals surface area contributed by atoms with Crippen molar-refractivity contribution in [2.75, 3.05) is 6.61 Å². The van der Waals surface area contributed by atoms with Gasteiger partial charge in [0, 0.05) is 6.04 Å². The average Bonchev–Trinajstić information content (AvgIpc) is 3.21. The Morgan fingerprint density at radius 3 is 2.71 bits per heavy atom. The Morgan fingerprint density at radius 1 is 1.29 bits per heavy atom. The van der Waals surface area contributed by atoms with Crippen LogP contribution in [0, 0.1) is 23.1 Å². The Kier molecular flexibility index (Phi) is 4.12. The van der Waals surface area contributed by atoms with Crippen LogP contribution in [0.4, 0.5) is 4.39 Å². The molecule has 2 unspecified atom stereocenters. The Bertz CT molecular complexity index is 521. The van der Waals surface area contributed by atoms with Crippen molar-refractivity contribution < 1.29 is 9.13 Å². The molecule has 0 bridgehead atoms. The van der Waals surface area contributed by atoms with Gasteiger partial charge in [0.05, 0.1) is 12.7 Å². The molecule has 0 aliphatic heterocycles. The second-order valence-electron chi connectivity index (χ2n) is 6.18. The van der Waals surface area contributed by atoms with Crippen molar-refractivity contribution in [1.82, 2.24) is 5.32 Å². The van der Waals surface area contributed by atoms with E-state index in [1.165, 1.54) is 25.0 Å². The van der Waals surface area contributed by atoms with E-state index < -0.39 is 0 Å². The van der Waals surface area contributed by atoms with E-state index in [1.54, 1.807) is 12.1 Å². The third kappa shape index (κ3) is 3.36. The monoisotopic (exact) mass is 288 g/mol. The lowest BCUT2D eigenvalue weighted by Gasteiger charge is -2.30. The van der Waals surface area contributed by atoms with Crippen LogP contribution in [-0.4, -0.2) is 18.2 Å². The maximum absolute atomic E-state index is 12.8. The van der Waals surface area contributed by atoms with E-state index in [9.17, 15) is 9.65 Å². The van der Waals surface area contributed by atoms with Gasteiger partial charge in [0.2, 0.25) is 0 Å². The van der Waals surface area contributed by atoms with Crippen LogP contribution in [0.25, 0.3) is 0 Å². The summed E-state index contributed by atoms with van der Waals surface area (Å²) in [5.41, 5.74) is -0.354. The predicted octanol–water partition coefficient (Wildman–Crippen LogP) is 3.41. The largest absolute Gasteiger partial charge is 0.494 e. The van der Waals surface area contributed by atoms with Crippen LogP contribution in [0.2, 0.25) is 0 Å². The van der Waals surface area contributed by atoms with Gasteiger partial charge in [-0.1, -0.05) is 6.42 Å². The summed E-state index contributed by atoms with van der Waals surface area (Å²) in [6, 6.07) is 9.17. The van der Waals surface area contributed by atoms with Crippen molar-refractivity contribution in [1.29, 1.82) is 5.26 Å². The van der Waals surface area contributed by atoms with Crippen LogP contribution in [0.3, 0.4) is 0 Å². The molecule has 1 aromatic rings. The number of ether oxygens (including phenoxy) is 1. The zero-order valence-electron chi connectivity index (χ0n) is 12.1. The molecule has 112 valence electrons. The third-order valence-electron chi connectivity index (χ3n) is 4.61. The number of nitriles is 1. The highest BCUT2D eigenvalue weighted by Gasteiger charge is 2.45. The van der Waals surface area contributed by atoms with E-state index in [0.29, 0.717) is 24.3 Å². The fourth-order valence-electron chi connectivity index (χ4n) is 3.28. The molecule has 2 aliphatic rings. The quantitative estimate of drug-likeness (QED) is 0.872. The number of nitrogens with zero attached hydrogens (tertiary/aromatic N) is 1. The Morgan fingerprint density at radius 2 is 2.05 bits per heavy atom. The number of benzene rings is 1. The van der Waals surface area contributed by atoms with Gasteiger partial charge in [-0.05, 0) is 62.3 Å². The zero-order chi connectivity index (χ0) is 14.7. The standard InChI is InChI=1S/C17H21FN2O/c18-14-3-7-16(8-4-14)21-11-9-13-2-1-10-17(13,12-19)20-15-5-6-15/h3-4,7-8,13,15,20H,1-2,5-6,9-11H2. The SMILES string of the molecule is N#CC1(NC2CC2)CCCC1CCOc1ccc(F)cc1. The molecule has 0 aromatic heterocycles. The van der Waals surface area contributed by atoms with Crippen LogP contribution < -0.4 is 10.1 Å². The first-order chi connectivity index (χ1) is 10.2.